The maximum atomic E-state index is 11.5. The molecular weight excluding hydrogens is 202 g/mol. The molecule has 0 fully saturated rings. The molecule has 0 atom stereocenters. The third kappa shape index (κ3) is 4.11. The zero-order valence-electron chi connectivity index (χ0n) is 9.53. The summed E-state index contributed by atoms with van der Waals surface area (Å²) in [6.07, 6.45) is 0. The molecule has 84 valence electrons. The van der Waals surface area contributed by atoms with Crippen molar-refractivity contribution in [1.82, 2.24) is 4.90 Å². The molecule has 4 nitrogen and oxygen atoms in total. The first-order valence-corrected chi connectivity index (χ1v) is 5.04. The van der Waals surface area contributed by atoms with Crippen molar-refractivity contribution < 1.29 is 4.79 Å². The zero-order chi connectivity index (χ0) is 12.0. The van der Waals surface area contributed by atoms with E-state index in [4.69, 9.17) is 5.26 Å². The second-order valence-electron chi connectivity index (χ2n) is 3.75. The number of hydrogen-bond donors (Lipinski definition) is 1. The number of carbonyl (C=O) groups is 1. The van der Waals surface area contributed by atoms with Gasteiger partial charge in [-0.05, 0) is 31.7 Å². The first-order valence-electron chi connectivity index (χ1n) is 5.04. The minimum absolute atomic E-state index is 0.108. The molecule has 1 aromatic rings. The molecule has 0 aliphatic rings. The minimum atomic E-state index is -0.108. The number of nitrogens with one attached hydrogen (secondary N) is 1. The van der Waals surface area contributed by atoms with Crippen LogP contribution in [0.2, 0.25) is 0 Å². The fourth-order valence-corrected chi connectivity index (χ4v) is 1.35. The van der Waals surface area contributed by atoms with Crippen LogP contribution in [0.15, 0.2) is 24.3 Å². The quantitative estimate of drug-likeness (QED) is 0.775. The number of likely N-dealkylation sites (N-methyl/N-ethyl adjacent to an activating group) is 1. The van der Waals surface area contributed by atoms with Gasteiger partial charge in [0.15, 0.2) is 0 Å². The molecule has 0 aliphatic heterocycles. The van der Waals surface area contributed by atoms with Gasteiger partial charge in [-0.3, -0.25) is 9.69 Å². The Morgan fingerprint density at radius 1 is 1.56 bits per heavy atom. The van der Waals surface area contributed by atoms with Gasteiger partial charge in [-0.25, -0.2) is 0 Å². The lowest BCUT2D eigenvalue weighted by Gasteiger charge is -2.12. The van der Waals surface area contributed by atoms with Crippen LogP contribution in [0.5, 0.6) is 0 Å². The summed E-state index contributed by atoms with van der Waals surface area (Å²) in [5.74, 6) is -0.108. The second kappa shape index (κ2) is 5.89. The molecule has 1 aromatic carbocycles. The molecule has 0 saturated carbocycles. The first kappa shape index (κ1) is 12.2. The van der Waals surface area contributed by atoms with E-state index < -0.39 is 0 Å². The Kier molecular flexibility index (Phi) is 4.49. The van der Waals surface area contributed by atoms with Gasteiger partial charge in [0.1, 0.15) is 0 Å². The molecule has 0 saturated heterocycles. The van der Waals surface area contributed by atoms with E-state index in [9.17, 15) is 4.79 Å². The molecule has 16 heavy (non-hydrogen) atoms. The molecule has 0 aliphatic carbocycles. The Balaban J connectivity index is 2.49. The molecule has 4 heteroatoms. The number of aryl methyl sites for hydroxylation is 1. The summed E-state index contributed by atoms with van der Waals surface area (Å²) in [5.41, 5.74) is 1.89. The Hall–Kier alpha value is -1.86. The number of rotatable bonds is 4. The van der Waals surface area contributed by atoms with Crippen LogP contribution in [0, 0.1) is 18.3 Å². The van der Waals surface area contributed by atoms with Crippen LogP contribution in [-0.4, -0.2) is 30.9 Å². The number of amides is 1. The third-order valence-corrected chi connectivity index (χ3v) is 2.06. The van der Waals surface area contributed by atoms with Crippen molar-refractivity contribution in [2.24, 2.45) is 0 Å². The van der Waals surface area contributed by atoms with Crippen LogP contribution in [0.3, 0.4) is 0 Å². The Morgan fingerprint density at radius 3 is 2.94 bits per heavy atom. The average molecular weight is 217 g/mol. The standard InChI is InChI=1S/C12H15N3O/c1-10-4-3-5-11(8-10)14-12(16)9-15(2)7-6-13/h3-5,8H,7,9H2,1-2H3,(H,14,16). The van der Waals surface area contributed by atoms with E-state index in [1.165, 1.54) is 0 Å². The van der Waals surface area contributed by atoms with E-state index in [1.54, 1.807) is 11.9 Å². The maximum Gasteiger partial charge on any atom is 0.238 e. The monoisotopic (exact) mass is 217 g/mol. The van der Waals surface area contributed by atoms with Gasteiger partial charge in [-0.2, -0.15) is 5.26 Å². The van der Waals surface area contributed by atoms with Gasteiger partial charge >= 0.3 is 0 Å². The van der Waals surface area contributed by atoms with Crippen LogP contribution in [-0.2, 0) is 4.79 Å². The highest BCUT2D eigenvalue weighted by atomic mass is 16.2. The van der Waals surface area contributed by atoms with Crippen LogP contribution < -0.4 is 5.32 Å². The van der Waals surface area contributed by atoms with Crippen molar-refractivity contribution in [3.63, 3.8) is 0 Å². The van der Waals surface area contributed by atoms with Crippen molar-refractivity contribution in [3.8, 4) is 6.07 Å². The van der Waals surface area contributed by atoms with Crippen molar-refractivity contribution >= 4 is 11.6 Å². The van der Waals surface area contributed by atoms with Gasteiger partial charge in [0, 0.05) is 5.69 Å². The molecule has 0 bridgehead atoms. The van der Waals surface area contributed by atoms with Crippen molar-refractivity contribution in [2.45, 2.75) is 6.92 Å². The highest BCUT2D eigenvalue weighted by molar-refractivity contribution is 5.92. The molecule has 0 aromatic heterocycles. The summed E-state index contributed by atoms with van der Waals surface area (Å²) in [4.78, 5) is 13.2. The summed E-state index contributed by atoms with van der Waals surface area (Å²) < 4.78 is 0. The van der Waals surface area contributed by atoms with Gasteiger partial charge < -0.3 is 5.32 Å². The number of carbonyl (C=O) groups excluding carboxylic acids is 1. The van der Waals surface area contributed by atoms with Gasteiger partial charge in [0.2, 0.25) is 5.91 Å². The number of hydrogen-bond acceptors (Lipinski definition) is 3. The van der Waals surface area contributed by atoms with Crippen LogP contribution in [0.4, 0.5) is 5.69 Å². The molecule has 0 unspecified atom stereocenters. The summed E-state index contributed by atoms with van der Waals surface area (Å²) in [7, 11) is 1.74. The van der Waals surface area contributed by atoms with Crippen LogP contribution >= 0.6 is 0 Å². The molecule has 1 amide bonds. The number of benzene rings is 1. The summed E-state index contributed by atoms with van der Waals surface area (Å²) in [6.45, 7) is 2.44. The Morgan fingerprint density at radius 2 is 2.31 bits per heavy atom. The first-order chi connectivity index (χ1) is 7.61. The fraction of sp³-hybridized carbons (Fsp3) is 0.333. The van der Waals surface area contributed by atoms with Gasteiger partial charge in [0.25, 0.3) is 0 Å². The van der Waals surface area contributed by atoms with Crippen molar-refractivity contribution in [3.05, 3.63) is 29.8 Å². The molecular formula is C12H15N3O. The SMILES string of the molecule is Cc1cccc(NC(=O)CN(C)CC#N)c1. The van der Waals surface area contributed by atoms with E-state index in [0.29, 0.717) is 0 Å². The van der Waals surface area contributed by atoms with Crippen molar-refractivity contribution in [2.75, 3.05) is 25.5 Å². The molecule has 0 spiro atoms. The normalized spacial score (nSPS) is 9.88. The zero-order valence-corrected chi connectivity index (χ0v) is 9.53. The van der Waals surface area contributed by atoms with E-state index in [-0.39, 0.29) is 19.0 Å². The summed E-state index contributed by atoms with van der Waals surface area (Å²) >= 11 is 0. The van der Waals surface area contributed by atoms with Crippen LogP contribution in [0.25, 0.3) is 0 Å². The highest BCUT2D eigenvalue weighted by Crippen LogP contribution is 2.09. The van der Waals surface area contributed by atoms with Crippen molar-refractivity contribution in [1.29, 1.82) is 5.26 Å². The predicted molar refractivity (Wildman–Crippen MR) is 62.9 cm³/mol. The van der Waals surface area contributed by atoms with E-state index in [0.717, 1.165) is 11.3 Å². The Labute approximate surface area is 95.5 Å². The summed E-state index contributed by atoms with van der Waals surface area (Å²) in [5, 5.41) is 11.2. The fourth-order valence-electron chi connectivity index (χ4n) is 1.35. The lowest BCUT2D eigenvalue weighted by molar-refractivity contribution is -0.116. The lowest BCUT2D eigenvalue weighted by atomic mass is 10.2. The number of nitriles is 1. The summed E-state index contributed by atoms with van der Waals surface area (Å²) in [6, 6.07) is 9.60. The van der Waals surface area contributed by atoms with Gasteiger partial charge in [-0.1, -0.05) is 12.1 Å². The number of nitrogens with zero attached hydrogens (tertiary/aromatic N) is 2. The average Bonchev–Trinajstić information content (AvgIpc) is 2.17. The molecule has 1 rings (SSSR count). The Bertz CT molecular complexity index is 409. The molecule has 0 radical (unpaired) electrons. The second-order valence-corrected chi connectivity index (χ2v) is 3.75. The highest BCUT2D eigenvalue weighted by Gasteiger charge is 2.05. The maximum absolute atomic E-state index is 11.5. The van der Waals surface area contributed by atoms with Gasteiger partial charge in [0.05, 0.1) is 19.2 Å². The van der Waals surface area contributed by atoms with E-state index in [1.807, 2.05) is 37.3 Å². The molecule has 1 N–H and O–H groups in total. The predicted octanol–water partition coefficient (Wildman–Crippen LogP) is 1.39. The van der Waals surface area contributed by atoms with E-state index in [2.05, 4.69) is 5.32 Å². The number of anilines is 1. The van der Waals surface area contributed by atoms with Gasteiger partial charge in [-0.15, -0.1) is 0 Å². The largest absolute Gasteiger partial charge is 0.325 e. The lowest BCUT2D eigenvalue weighted by Crippen LogP contribution is -2.30. The minimum Gasteiger partial charge on any atom is -0.325 e. The topological polar surface area (TPSA) is 56.1 Å². The third-order valence-electron chi connectivity index (χ3n) is 2.06. The molecule has 0 heterocycles. The van der Waals surface area contributed by atoms with Crippen LogP contribution in [0.1, 0.15) is 5.56 Å². The van der Waals surface area contributed by atoms with E-state index >= 15 is 0 Å². The smallest absolute Gasteiger partial charge is 0.238 e.